The second-order valence-corrected chi connectivity index (χ2v) is 4.74. The Morgan fingerprint density at radius 2 is 2.15 bits per heavy atom. The molecule has 0 fully saturated rings. The maximum absolute atomic E-state index is 9.39. The summed E-state index contributed by atoms with van der Waals surface area (Å²) in [6.45, 7) is 3.63. The van der Waals surface area contributed by atoms with Crippen LogP contribution >= 0.6 is 11.8 Å². The molecule has 6 heteroatoms. The topological polar surface area (TPSA) is 99.6 Å². The summed E-state index contributed by atoms with van der Waals surface area (Å²) in [6, 6.07) is 7.43. The molecular formula is C14H10N4OS. The molecule has 0 aliphatic heterocycles. The highest BCUT2D eigenvalue weighted by Gasteiger charge is 2.21. The number of nitrogen functional groups attached to an aromatic ring is 1. The molecule has 98 valence electrons. The normalized spacial score (nSPS) is 9.70. The number of nitrogens with zero attached hydrogens (tertiary/aromatic N) is 3. The molecular weight excluding hydrogens is 272 g/mol. The monoisotopic (exact) mass is 282 g/mol. The van der Waals surface area contributed by atoms with Crippen LogP contribution in [0.1, 0.15) is 11.1 Å². The molecule has 0 aliphatic carbocycles. The summed E-state index contributed by atoms with van der Waals surface area (Å²) in [4.78, 5) is 4.13. The minimum Gasteiger partial charge on any atom is -0.464 e. The molecule has 0 saturated carbocycles. The Labute approximate surface area is 120 Å². The lowest BCUT2D eigenvalue weighted by Gasteiger charge is -2.10. The molecule has 2 aromatic rings. The van der Waals surface area contributed by atoms with Crippen molar-refractivity contribution in [1.82, 2.24) is 4.98 Å². The lowest BCUT2D eigenvalue weighted by molar-refractivity contribution is 0.581. The highest BCUT2D eigenvalue weighted by molar-refractivity contribution is 7.99. The lowest BCUT2D eigenvalue weighted by Crippen LogP contribution is -2.03. The molecule has 2 heterocycles. The first-order chi connectivity index (χ1) is 9.72. The summed E-state index contributed by atoms with van der Waals surface area (Å²) in [7, 11) is 0. The van der Waals surface area contributed by atoms with E-state index in [4.69, 9.17) is 10.2 Å². The highest BCUT2D eigenvalue weighted by atomic mass is 32.2. The zero-order chi connectivity index (χ0) is 14.5. The molecule has 2 N–H and O–H groups in total. The molecule has 0 unspecified atom stereocenters. The Morgan fingerprint density at radius 1 is 1.40 bits per heavy atom. The molecule has 0 radical (unpaired) electrons. The third-order valence-corrected chi connectivity index (χ3v) is 3.49. The van der Waals surface area contributed by atoms with Crippen LogP contribution in [0.3, 0.4) is 0 Å². The van der Waals surface area contributed by atoms with Gasteiger partial charge in [0.25, 0.3) is 0 Å². The number of rotatable bonds is 4. The molecule has 20 heavy (non-hydrogen) atoms. The average molecular weight is 282 g/mol. The molecule has 2 rings (SSSR count). The maximum atomic E-state index is 9.39. The fourth-order valence-corrected chi connectivity index (χ4v) is 2.44. The van der Waals surface area contributed by atoms with E-state index in [0.29, 0.717) is 22.1 Å². The number of hydrogen-bond acceptors (Lipinski definition) is 6. The second kappa shape index (κ2) is 5.96. The minimum absolute atomic E-state index is 0.0875. The van der Waals surface area contributed by atoms with E-state index in [9.17, 15) is 10.5 Å². The van der Waals surface area contributed by atoms with Crippen molar-refractivity contribution < 1.29 is 4.42 Å². The van der Waals surface area contributed by atoms with Gasteiger partial charge in [0, 0.05) is 5.75 Å². The van der Waals surface area contributed by atoms with Crippen LogP contribution in [0, 0.1) is 22.7 Å². The van der Waals surface area contributed by atoms with Crippen LogP contribution < -0.4 is 5.73 Å². The number of nitrogens with two attached hydrogens (primary N) is 1. The van der Waals surface area contributed by atoms with Crippen molar-refractivity contribution in [1.29, 1.82) is 10.5 Å². The van der Waals surface area contributed by atoms with Crippen molar-refractivity contribution in [3.05, 3.63) is 42.2 Å². The van der Waals surface area contributed by atoms with Gasteiger partial charge in [0.1, 0.15) is 34.3 Å². The van der Waals surface area contributed by atoms with Crippen LogP contribution in [-0.2, 0) is 0 Å². The molecule has 0 atom stereocenters. The van der Waals surface area contributed by atoms with E-state index in [1.165, 1.54) is 18.0 Å². The van der Waals surface area contributed by atoms with Crippen LogP contribution in [0.5, 0.6) is 0 Å². The number of aromatic nitrogens is 1. The Bertz CT molecular complexity index is 723. The first kappa shape index (κ1) is 13.7. The fraction of sp³-hybridized carbons (Fsp3) is 0.0714. The standard InChI is InChI=1S/C14H10N4OS/c1-2-6-20-14-10(8-16)12(11-4-3-5-19-11)9(7-15)13(17)18-14/h2-5H,1,6H2,(H2,17,18). The summed E-state index contributed by atoms with van der Waals surface area (Å²) < 4.78 is 5.30. The summed E-state index contributed by atoms with van der Waals surface area (Å²) >= 11 is 1.33. The van der Waals surface area contributed by atoms with Crippen LogP contribution in [0.2, 0.25) is 0 Å². The predicted molar refractivity (Wildman–Crippen MR) is 76.7 cm³/mol. The second-order valence-electron chi connectivity index (χ2n) is 3.73. The van der Waals surface area contributed by atoms with E-state index in [2.05, 4.69) is 17.6 Å². The molecule has 0 bridgehead atoms. The molecule has 0 aliphatic rings. The SMILES string of the molecule is C=CCSc1nc(N)c(C#N)c(-c2ccco2)c1C#N. The predicted octanol–water partition coefficient (Wildman–Crippen LogP) is 2.95. The van der Waals surface area contributed by atoms with Gasteiger partial charge in [-0.1, -0.05) is 6.08 Å². The van der Waals surface area contributed by atoms with E-state index >= 15 is 0 Å². The van der Waals surface area contributed by atoms with Gasteiger partial charge in [-0.05, 0) is 12.1 Å². The van der Waals surface area contributed by atoms with Crippen LogP contribution in [0.15, 0.2) is 40.5 Å². The smallest absolute Gasteiger partial charge is 0.143 e. The molecule has 0 amide bonds. The van der Waals surface area contributed by atoms with Crippen LogP contribution in [0.25, 0.3) is 11.3 Å². The van der Waals surface area contributed by atoms with Crippen LogP contribution in [-0.4, -0.2) is 10.7 Å². The quantitative estimate of drug-likeness (QED) is 0.683. The van der Waals surface area contributed by atoms with E-state index in [1.54, 1.807) is 18.2 Å². The van der Waals surface area contributed by atoms with Gasteiger partial charge < -0.3 is 10.2 Å². The molecule has 2 aromatic heterocycles. The zero-order valence-corrected chi connectivity index (χ0v) is 11.3. The Kier molecular flexibility index (Phi) is 4.09. The Hall–Kier alpha value is -2.70. The van der Waals surface area contributed by atoms with Crippen molar-refractivity contribution in [2.45, 2.75) is 5.03 Å². The van der Waals surface area contributed by atoms with E-state index in [-0.39, 0.29) is 16.9 Å². The van der Waals surface area contributed by atoms with E-state index in [1.807, 2.05) is 6.07 Å². The molecule has 0 aromatic carbocycles. The van der Waals surface area contributed by atoms with E-state index in [0.717, 1.165) is 0 Å². The lowest BCUT2D eigenvalue weighted by atomic mass is 10.0. The van der Waals surface area contributed by atoms with Crippen molar-refractivity contribution in [3.8, 4) is 23.5 Å². The van der Waals surface area contributed by atoms with Gasteiger partial charge >= 0.3 is 0 Å². The van der Waals surface area contributed by atoms with E-state index < -0.39 is 0 Å². The van der Waals surface area contributed by atoms with Gasteiger partial charge in [-0.2, -0.15) is 10.5 Å². The average Bonchev–Trinajstić information content (AvgIpc) is 2.98. The van der Waals surface area contributed by atoms with Crippen molar-refractivity contribution >= 4 is 17.6 Å². The van der Waals surface area contributed by atoms with Gasteiger partial charge in [0.05, 0.1) is 17.4 Å². The number of pyridine rings is 1. The number of hydrogen-bond donors (Lipinski definition) is 1. The van der Waals surface area contributed by atoms with Crippen LogP contribution in [0.4, 0.5) is 5.82 Å². The number of anilines is 1. The van der Waals surface area contributed by atoms with Gasteiger partial charge in [-0.25, -0.2) is 4.98 Å². The molecule has 0 spiro atoms. The van der Waals surface area contributed by atoms with Crippen molar-refractivity contribution in [2.24, 2.45) is 0 Å². The minimum atomic E-state index is 0.0875. The van der Waals surface area contributed by atoms with Gasteiger partial charge in [-0.15, -0.1) is 18.3 Å². The third kappa shape index (κ3) is 2.37. The number of furan rings is 1. The van der Waals surface area contributed by atoms with Gasteiger partial charge in [0.15, 0.2) is 0 Å². The highest BCUT2D eigenvalue weighted by Crippen LogP contribution is 2.35. The zero-order valence-electron chi connectivity index (χ0n) is 10.5. The first-order valence-corrected chi connectivity index (χ1v) is 6.62. The van der Waals surface area contributed by atoms with Gasteiger partial charge in [0.2, 0.25) is 0 Å². The fourth-order valence-electron chi connectivity index (χ4n) is 1.71. The summed E-state index contributed by atoms with van der Waals surface area (Å²) in [6.07, 6.45) is 3.18. The number of thioether (sulfide) groups is 1. The summed E-state index contributed by atoms with van der Waals surface area (Å²) in [5.41, 5.74) is 6.64. The maximum Gasteiger partial charge on any atom is 0.143 e. The third-order valence-electron chi connectivity index (χ3n) is 2.52. The van der Waals surface area contributed by atoms with Gasteiger partial charge in [-0.3, -0.25) is 0 Å². The Morgan fingerprint density at radius 3 is 2.70 bits per heavy atom. The largest absolute Gasteiger partial charge is 0.464 e. The molecule has 0 saturated heterocycles. The van der Waals surface area contributed by atoms with Crippen molar-refractivity contribution in [2.75, 3.05) is 11.5 Å². The van der Waals surface area contributed by atoms with Crippen molar-refractivity contribution in [3.63, 3.8) is 0 Å². The first-order valence-electron chi connectivity index (χ1n) is 5.64. The summed E-state index contributed by atoms with van der Waals surface area (Å²) in [5, 5.41) is 19.1. The summed E-state index contributed by atoms with van der Waals surface area (Å²) in [5.74, 6) is 1.10. The molecule has 5 nitrogen and oxygen atoms in total. The number of nitriles is 2. The Balaban J connectivity index is 2.75.